The fourth-order valence-electron chi connectivity index (χ4n) is 4.41. The summed E-state index contributed by atoms with van der Waals surface area (Å²) < 4.78 is 0. The maximum absolute atomic E-state index is 12.8. The Morgan fingerprint density at radius 3 is 2.59 bits per heavy atom. The Morgan fingerprint density at radius 1 is 1.22 bits per heavy atom. The van der Waals surface area contributed by atoms with Crippen molar-refractivity contribution in [1.82, 2.24) is 14.8 Å². The molecule has 27 heavy (non-hydrogen) atoms. The first-order chi connectivity index (χ1) is 13.0. The second-order valence-corrected chi connectivity index (χ2v) is 8.74. The van der Waals surface area contributed by atoms with Crippen LogP contribution in [-0.2, 0) is 4.79 Å². The van der Waals surface area contributed by atoms with E-state index in [0.29, 0.717) is 18.7 Å². The Labute approximate surface area is 161 Å². The van der Waals surface area contributed by atoms with E-state index in [1.807, 2.05) is 29.0 Å². The Bertz CT molecular complexity index is 707. The number of nitrogens with zero attached hydrogens (tertiary/aromatic N) is 3. The minimum absolute atomic E-state index is 0.0101. The number of hydrogen-bond donors (Lipinski definition) is 1. The molecule has 1 aliphatic heterocycles. The van der Waals surface area contributed by atoms with Crippen LogP contribution in [0.1, 0.15) is 62.2 Å². The van der Waals surface area contributed by atoms with E-state index in [2.05, 4.69) is 17.2 Å². The predicted molar refractivity (Wildman–Crippen MR) is 105 cm³/mol. The van der Waals surface area contributed by atoms with E-state index in [1.165, 1.54) is 12.8 Å². The fraction of sp³-hybridized carbons (Fsp3) is 0.667. The lowest BCUT2D eigenvalue weighted by atomic mass is 10.0. The van der Waals surface area contributed by atoms with E-state index in [1.54, 1.807) is 6.20 Å². The van der Waals surface area contributed by atoms with Gasteiger partial charge in [0.05, 0.1) is 11.6 Å². The zero-order valence-electron chi connectivity index (χ0n) is 16.4. The molecule has 1 aromatic heterocycles. The molecule has 146 valence electrons. The molecule has 0 bridgehead atoms. The Hall–Kier alpha value is -2.11. The molecule has 4 rings (SSSR count). The van der Waals surface area contributed by atoms with Gasteiger partial charge in [-0.25, -0.2) is 4.98 Å². The highest BCUT2D eigenvalue weighted by molar-refractivity contribution is 5.94. The third-order valence-corrected chi connectivity index (χ3v) is 6.42. The van der Waals surface area contributed by atoms with Crippen LogP contribution in [0.4, 0.5) is 5.82 Å². The van der Waals surface area contributed by atoms with Crippen molar-refractivity contribution in [2.45, 2.75) is 63.5 Å². The first-order valence-corrected chi connectivity index (χ1v) is 10.3. The largest absolute Gasteiger partial charge is 0.365 e. The molecular formula is C21H30N4O2. The highest BCUT2D eigenvalue weighted by atomic mass is 16.2. The molecule has 2 heterocycles. The number of rotatable bonds is 5. The van der Waals surface area contributed by atoms with Gasteiger partial charge < -0.3 is 15.1 Å². The molecule has 0 unspecified atom stereocenters. The average molecular weight is 370 g/mol. The van der Waals surface area contributed by atoms with Gasteiger partial charge in [-0.3, -0.25) is 9.59 Å². The van der Waals surface area contributed by atoms with Crippen molar-refractivity contribution in [2.75, 3.05) is 25.5 Å². The molecule has 6 nitrogen and oxygen atoms in total. The molecule has 0 radical (unpaired) electrons. The van der Waals surface area contributed by atoms with Gasteiger partial charge in [0.2, 0.25) is 5.91 Å². The molecule has 0 spiro atoms. The van der Waals surface area contributed by atoms with Gasteiger partial charge in [0.15, 0.2) is 0 Å². The number of likely N-dealkylation sites (tertiary alicyclic amines) is 1. The summed E-state index contributed by atoms with van der Waals surface area (Å²) in [7, 11) is 1.88. The first-order valence-electron chi connectivity index (χ1n) is 10.3. The van der Waals surface area contributed by atoms with Crippen LogP contribution in [0.15, 0.2) is 18.3 Å². The molecule has 2 amide bonds. The number of hydrogen-bond acceptors (Lipinski definition) is 4. The summed E-state index contributed by atoms with van der Waals surface area (Å²) in [4.78, 5) is 33.2. The molecule has 2 saturated carbocycles. The summed E-state index contributed by atoms with van der Waals surface area (Å²) in [5.74, 6) is 1.32. The van der Waals surface area contributed by atoms with Crippen LogP contribution >= 0.6 is 0 Å². The lowest BCUT2D eigenvalue weighted by Crippen LogP contribution is -2.40. The fourth-order valence-corrected chi connectivity index (χ4v) is 4.41. The van der Waals surface area contributed by atoms with Crippen LogP contribution in [0.2, 0.25) is 0 Å². The smallest absolute Gasteiger partial charge is 0.255 e. The monoisotopic (exact) mass is 370 g/mol. The molecule has 3 fully saturated rings. The van der Waals surface area contributed by atoms with Gasteiger partial charge in [-0.05, 0) is 51.2 Å². The lowest BCUT2D eigenvalue weighted by Gasteiger charge is -2.26. The van der Waals surface area contributed by atoms with Crippen molar-refractivity contribution in [3.05, 3.63) is 23.9 Å². The third kappa shape index (κ3) is 3.94. The van der Waals surface area contributed by atoms with Crippen LogP contribution in [0.5, 0.6) is 0 Å². The van der Waals surface area contributed by atoms with Crippen LogP contribution in [0.3, 0.4) is 0 Å². The number of aromatic nitrogens is 1. The van der Waals surface area contributed by atoms with Crippen molar-refractivity contribution in [2.24, 2.45) is 5.92 Å². The standard InChI is InChI=1S/C21H30N4O2/c1-21(10-3-4-11-21)23-18-8-7-16(13-22-18)20(27)25-12-9-17(14-25)24(2)19(26)15-5-6-15/h7-8,13,15,17H,3-6,9-12,14H2,1-2H3,(H,22,23)/t17-/m0/s1. The first kappa shape index (κ1) is 18.3. The SMILES string of the molecule is CN(C(=O)C1CC1)[C@H]1CCN(C(=O)c2ccc(NC3(C)CCCC3)nc2)C1. The summed E-state index contributed by atoms with van der Waals surface area (Å²) in [6.07, 6.45) is 9.41. The molecule has 0 aromatic carbocycles. The molecule has 1 aromatic rings. The van der Waals surface area contributed by atoms with Crippen LogP contribution in [0, 0.1) is 5.92 Å². The molecule has 1 atom stereocenters. The van der Waals surface area contributed by atoms with Crippen molar-refractivity contribution >= 4 is 17.6 Å². The van der Waals surface area contributed by atoms with Gasteiger partial charge in [0.25, 0.3) is 5.91 Å². The molecular weight excluding hydrogens is 340 g/mol. The van der Waals surface area contributed by atoms with E-state index in [0.717, 1.165) is 37.9 Å². The second kappa shape index (κ2) is 7.13. The zero-order chi connectivity index (χ0) is 19.0. The highest BCUT2D eigenvalue weighted by Crippen LogP contribution is 2.33. The van der Waals surface area contributed by atoms with Crippen LogP contribution < -0.4 is 5.32 Å². The number of nitrogens with one attached hydrogen (secondary N) is 1. The number of likely N-dealkylation sites (N-methyl/N-ethyl adjacent to an activating group) is 1. The van der Waals surface area contributed by atoms with Crippen LogP contribution in [0.25, 0.3) is 0 Å². The van der Waals surface area contributed by atoms with Crippen molar-refractivity contribution < 1.29 is 9.59 Å². The van der Waals surface area contributed by atoms with Gasteiger partial charge in [-0.1, -0.05) is 12.8 Å². The molecule has 1 saturated heterocycles. The summed E-state index contributed by atoms with van der Waals surface area (Å²) in [5.41, 5.74) is 0.744. The number of carbonyl (C=O) groups excluding carboxylic acids is 2. The van der Waals surface area contributed by atoms with Crippen molar-refractivity contribution in [3.8, 4) is 0 Å². The maximum Gasteiger partial charge on any atom is 0.255 e. The molecule has 6 heteroatoms. The Balaban J connectivity index is 1.34. The normalized spacial score (nSPS) is 24.1. The number of amides is 2. The lowest BCUT2D eigenvalue weighted by molar-refractivity contribution is -0.133. The average Bonchev–Trinajstić information content (AvgIpc) is 3.25. The minimum Gasteiger partial charge on any atom is -0.365 e. The quantitative estimate of drug-likeness (QED) is 0.865. The second-order valence-electron chi connectivity index (χ2n) is 8.74. The Morgan fingerprint density at radius 2 is 1.96 bits per heavy atom. The maximum atomic E-state index is 12.8. The van der Waals surface area contributed by atoms with Gasteiger partial charge >= 0.3 is 0 Å². The molecule has 2 aliphatic carbocycles. The topological polar surface area (TPSA) is 65.5 Å². The van der Waals surface area contributed by atoms with Gasteiger partial charge in [-0.2, -0.15) is 0 Å². The van der Waals surface area contributed by atoms with E-state index < -0.39 is 0 Å². The molecule has 1 N–H and O–H groups in total. The Kier molecular flexibility index (Phi) is 4.82. The van der Waals surface area contributed by atoms with Crippen molar-refractivity contribution in [3.63, 3.8) is 0 Å². The van der Waals surface area contributed by atoms with Crippen molar-refractivity contribution in [1.29, 1.82) is 0 Å². The number of anilines is 1. The number of carbonyl (C=O) groups is 2. The molecule has 3 aliphatic rings. The summed E-state index contributed by atoms with van der Waals surface area (Å²) in [6, 6.07) is 3.91. The van der Waals surface area contributed by atoms with E-state index in [9.17, 15) is 9.59 Å². The summed E-state index contributed by atoms with van der Waals surface area (Å²) in [5, 5.41) is 3.52. The van der Waals surface area contributed by atoms with E-state index in [-0.39, 0.29) is 29.3 Å². The zero-order valence-corrected chi connectivity index (χ0v) is 16.4. The number of pyridine rings is 1. The van der Waals surface area contributed by atoms with E-state index in [4.69, 9.17) is 0 Å². The van der Waals surface area contributed by atoms with Crippen LogP contribution in [-0.4, -0.2) is 58.3 Å². The van der Waals surface area contributed by atoms with Gasteiger partial charge in [-0.15, -0.1) is 0 Å². The summed E-state index contributed by atoms with van der Waals surface area (Å²) in [6.45, 7) is 3.56. The minimum atomic E-state index is 0.0101. The highest BCUT2D eigenvalue weighted by Gasteiger charge is 2.37. The summed E-state index contributed by atoms with van der Waals surface area (Å²) >= 11 is 0. The third-order valence-electron chi connectivity index (χ3n) is 6.42. The van der Waals surface area contributed by atoms with E-state index >= 15 is 0 Å². The van der Waals surface area contributed by atoms with Gasteiger partial charge in [0.1, 0.15) is 5.82 Å². The van der Waals surface area contributed by atoms with Gasteiger partial charge in [0, 0.05) is 37.8 Å². The predicted octanol–water partition coefficient (Wildman–Crippen LogP) is 2.91.